The van der Waals surface area contributed by atoms with Gasteiger partial charge in [0.15, 0.2) is 8.29 Å². The number of carbonyl (C=O) groups is 1. The third-order valence-electron chi connectivity index (χ3n) is 4.84. The maximum atomic E-state index is 12.7. The van der Waals surface area contributed by atoms with Crippen LogP contribution in [0.4, 0.5) is 0 Å². The van der Waals surface area contributed by atoms with Crippen molar-refractivity contribution in [3.63, 3.8) is 0 Å². The summed E-state index contributed by atoms with van der Waals surface area (Å²) in [5.74, 6) is 0.374. The van der Waals surface area contributed by atoms with Gasteiger partial charge < -0.3 is 4.90 Å². The summed E-state index contributed by atoms with van der Waals surface area (Å²) in [5.41, 5.74) is 0.195. The van der Waals surface area contributed by atoms with Crippen LogP contribution < -0.4 is 0 Å². The Hall–Kier alpha value is -1.27. The van der Waals surface area contributed by atoms with Gasteiger partial charge in [-0.1, -0.05) is 41.7 Å². The standard InChI is InChI=1S/C17H20N4O3S4/c22-15-13-6-2-3-7-14(13)28(23,24)21(15)12-20-17(25)27-16(18-20)26-11-10-19-8-4-1-5-9-19/h2-3,6-7H,1,4-5,8-12H2. The van der Waals surface area contributed by atoms with Crippen LogP contribution in [0.5, 0.6) is 0 Å². The number of fused-ring (bicyclic) bond motifs is 1. The van der Waals surface area contributed by atoms with E-state index in [1.807, 2.05) is 0 Å². The lowest BCUT2D eigenvalue weighted by Crippen LogP contribution is -2.32. The van der Waals surface area contributed by atoms with Crippen molar-refractivity contribution in [3.05, 3.63) is 33.8 Å². The molecule has 0 bridgehead atoms. The molecule has 0 aliphatic carbocycles. The third-order valence-corrected chi connectivity index (χ3v) is 9.04. The Morgan fingerprint density at radius 1 is 1.18 bits per heavy atom. The number of aromatic nitrogens is 2. The number of carbonyl (C=O) groups excluding carboxylic acids is 1. The summed E-state index contributed by atoms with van der Waals surface area (Å²) in [4.78, 5) is 15.0. The molecule has 0 spiro atoms. The lowest BCUT2D eigenvalue weighted by Gasteiger charge is -2.25. The number of hydrogen-bond acceptors (Lipinski definition) is 8. The highest BCUT2D eigenvalue weighted by molar-refractivity contribution is 8.01. The van der Waals surface area contributed by atoms with Crippen LogP contribution in [0.25, 0.3) is 0 Å². The van der Waals surface area contributed by atoms with Gasteiger partial charge in [-0.15, -0.1) is 0 Å². The van der Waals surface area contributed by atoms with Gasteiger partial charge in [-0.3, -0.25) is 4.79 Å². The van der Waals surface area contributed by atoms with E-state index in [-0.39, 0.29) is 17.1 Å². The fourth-order valence-electron chi connectivity index (χ4n) is 3.37. The summed E-state index contributed by atoms with van der Waals surface area (Å²) in [5, 5.41) is 4.44. The van der Waals surface area contributed by atoms with Gasteiger partial charge in [0.05, 0.1) is 5.56 Å². The average Bonchev–Trinajstić information content (AvgIpc) is 3.13. The fourth-order valence-corrected chi connectivity index (χ4v) is 7.26. The Bertz CT molecular complexity index is 1040. The fraction of sp³-hybridized carbons (Fsp3) is 0.471. The van der Waals surface area contributed by atoms with Crippen molar-refractivity contribution in [2.45, 2.75) is 35.2 Å². The van der Waals surface area contributed by atoms with E-state index in [4.69, 9.17) is 12.2 Å². The zero-order valence-electron chi connectivity index (χ0n) is 15.1. The normalized spacial score (nSPS) is 19.1. The molecule has 4 rings (SSSR count). The molecule has 0 radical (unpaired) electrons. The molecular weight excluding hydrogens is 436 g/mol. The van der Waals surface area contributed by atoms with Crippen molar-refractivity contribution >= 4 is 51.2 Å². The third kappa shape index (κ3) is 3.90. The summed E-state index contributed by atoms with van der Waals surface area (Å²) in [6.07, 6.45) is 3.84. The number of rotatable bonds is 6. The highest BCUT2D eigenvalue weighted by atomic mass is 32.2. The lowest BCUT2D eigenvalue weighted by atomic mass is 10.1. The lowest BCUT2D eigenvalue weighted by molar-refractivity contribution is 0.0839. The quantitative estimate of drug-likeness (QED) is 0.488. The number of hydrogen-bond donors (Lipinski definition) is 0. The zero-order chi connectivity index (χ0) is 19.7. The Morgan fingerprint density at radius 2 is 1.93 bits per heavy atom. The maximum absolute atomic E-state index is 12.7. The molecule has 0 N–H and O–H groups in total. The molecule has 0 atom stereocenters. The van der Waals surface area contributed by atoms with Crippen LogP contribution in [0.1, 0.15) is 29.6 Å². The number of likely N-dealkylation sites (tertiary alicyclic amines) is 1. The summed E-state index contributed by atoms with van der Waals surface area (Å²) in [6.45, 7) is 3.11. The van der Waals surface area contributed by atoms with Crippen molar-refractivity contribution < 1.29 is 13.2 Å². The second-order valence-electron chi connectivity index (χ2n) is 6.68. The molecule has 0 unspecified atom stereocenters. The van der Waals surface area contributed by atoms with Crippen molar-refractivity contribution in [2.24, 2.45) is 0 Å². The van der Waals surface area contributed by atoms with E-state index in [9.17, 15) is 13.2 Å². The number of amides is 1. The first-order valence-electron chi connectivity index (χ1n) is 9.06. The van der Waals surface area contributed by atoms with E-state index in [1.165, 1.54) is 47.4 Å². The minimum absolute atomic E-state index is 0.0397. The van der Waals surface area contributed by atoms with Gasteiger partial charge in [0.25, 0.3) is 15.9 Å². The van der Waals surface area contributed by atoms with E-state index < -0.39 is 15.9 Å². The van der Waals surface area contributed by atoms with E-state index in [0.717, 1.165) is 34.0 Å². The minimum atomic E-state index is -3.86. The molecule has 1 saturated heterocycles. The summed E-state index contributed by atoms with van der Waals surface area (Å²) in [6, 6.07) is 6.24. The van der Waals surface area contributed by atoms with E-state index in [1.54, 1.807) is 23.9 Å². The molecule has 2 aliphatic rings. The maximum Gasteiger partial charge on any atom is 0.270 e. The molecule has 3 heterocycles. The average molecular weight is 457 g/mol. The summed E-state index contributed by atoms with van der Waals surface area (Å²) < 4.78 is 28.9. The molecule has 2 aliphatic heterocycles. The van der Waals surface area contributed by atoms with Crippen LogP contribution in [0.15, 0.2) is 33.5 Å². The molecule has 2 aromatic rings. The molecule has 150 valence electrons. The Morgan fingerprint density at radius 3 is 2.68 bits per heavy atom. The first kappa shape index (κ1) is 20.0. The summed E-state index contributed by atoms with van der Waals surface area (Å²) >= 11 is 8.31. The Balaban J connectivity index is 1.43. The number of benzene rings is 1. The van der Waals surface area contributed by atoms with Gasteiger partial charge in [0.1, 0.15) is 11.6 Å². The van der Waals surface area contributed by atoms with Crippen LogP contribution in [0, 0.1) is 3.95 Å². The first-order valence-corrected chi connectivity index (χ1v) is 12.7. The summed E-state index contributed by atoms with van der Waals surface area (Å²) in [7, 11) is -3.86. The van der Waals surface area contributed by atoms with E-state index >= 15 is 0 Å². The second-order valence-corrected chi connectivity index (χ2v) is 11.5. The Kier molecular flexibility index (Phi) is 5.88. The second kappa shape index (κ2) is 8.23. The largest absolute Gasteiger partial charge is 0.303 e. The van der Waals surface area contributed by atoms with Crippen LogP contribution in [0.2, 0.25) is 0 Å². The van der Waals surface area contributed by atoms with Crippen molar-refractivity contribution in [1.29, 1.82) is 0 Å². The van der Waals surface area contributed by atoms with Crippen molar-refractivity contribution in [2.75, 3.05) is 25.4 Å². The molecule has 1 amide bonds. The smallest absolute Gasteiger partial charge is 0.270 e. The molecule has 1 fully saturated rings. The predicted octanol–water partition coefficient (Wildman–Crippen LogP) is 3.05. The van der Waals surface area contributed by atoms with Crippen LogP contribution in [0.3, 0.4) is 0 Å². The van der Waals surface area contributed by atoms with Gasteiger partial charge in [-0.25, -0.2) is 17.4 Å². The SMILES string of the molecule is O=C1c2ccccc2S(=O)(=O)N1Cn1nc(SCCN2CCCCC2)sc1=S. The number of nitrogens with zero attached hydrogens (tertiary/aromatic N) is 4. The van der Waals surface area contributed by atoms with Gasteiger partial charge in [-0.05, 0) is 50.3 Å². The number of sulfonamides is 1. The molecule has 7 nitrogen and oxygen atoms in total. The Labute approximate surface area is 177 Å². The monoisotopic (exact) mass is 456 g/mol. The molecule has 28 heavy (non-hydrogen) atoms. The van der Waals surface area contributed by atoms with Crippen molar-refractivity contribution in [3.8, 4) is 0 Å². The van der Waals surface area contributed by atoms with Crippen LogP contribution in [-0.4, -0.2) is 58.7 Å². The van der Waals surface area contributed by atoms with E-state index in [0.29, 0.717) is 3.95 Å². The van der Waals surface area contributed by atoms with Crippen LogP contribution in [-0.2, 0) is 16.7 Å². The molecule has 11 heteroatoms. The highest BCUT2D eigenvalue weighted by Crippen LogP contribution is 2.31. The van der Waals surface area contributed by atoms with E-state index in [2.05, 4.69) is 10.00 Å². The topological polar surface area (TPSA) is 75.5 Å². The van der Waals surface area contributed by atoms with Gasteiger partial charge in [-0.2, -0.15) is 5.10 Å². The molecule has 0 saturated carbocycles. The van der Waals surface area contributed by atoms with Gasteiger partial charge in [0.2, 0.25) is 0 Å². The minimum Gasteiger partial charge on any atom is -0.303 e. The van der Waals surface area contributed by atoms with Crippen molar-refractivity contribution in [1.82, 2.24) is 19.0 Å². The molecule has 1 aromatic carbocycles. The molecular formula is C17H20N4O3S4. The first-order chi connectivity index (χ1) is 13.5. The van der Waals surface area contributed by atoms with Crippen LogP contribution >= 0.6 is 35.3 Å². The van der Waals surface area contributed by atoms with Gasteiger partial charge in [0, 0.05) is 12.3 Å². The highest BCUT2D eigenvalue weighted by Gasteiger charge is 2.41. The molecule has 1 aromatic heterocycles. The zero-order valence-corrected chi connectivity index (χ0v) is 18.4. The number of piperidine rings is 1. The predicted molar refractivity (Wildman–Crippen MR) is 112 cm³/mol. The number of thioether (sulfide) groups is 1. The van der Waals surface area contributed by atoms with Gasteiger partial charge >= 0.3 is 0 Å².